The number of thioether (sulfide) groups is 1. The van der Waals surface area contributed by atoms with Gasteiger partial charge in [0.05, 0.1) is 5.75 Å². The maximum atomic E-state index is 5.16. The van der Waals surface area contributed by atoms with Crippen LogP contribution in [0.15, 0.2) is 34.3 Å². The molecule has 1 rings (SSSR count). The Morgan fingerprint density at radius 3 is 2.63 bits per heavy atom. The zero-order chi connectivity index (χ0) is 14.1. The van der Waals surface area contributed by atoms with Gasteiger partial charge in [0.2, 0.25) is 0 Å². The lowest BCUT2D eigenvalue weighted by atomic mass is 10.1. The van der Waals surface area contributed by atoms with E-state index < -0.39 is 0 Å². The summed E-state index contributed by atoms with van der Waals surface area (Å²) in [6, 6.07) is 8.59. The van der Waals surface area contributed by atoms with Crippen molar-refractivity contribution in [2.24, 2.45) is 5.16 Å². The van der Waals surface area contributed by atoms with E-state index >= 15 is 0 Å². The standard InChI is InChI=1S/C15H24N2OS/c1-5-9-13-10-7-8-11-14(13)19-12-15(17(3)4)16-18-6-2/h7-8,10-11H,5-6,9,12H2,1-4H3/b16-15-. The second-order valence-corrected chi connectivity index (χ2v) is 5.48. The Morgan fingerprint density at radius 2 is 2.00 bits per heavy atom. The fraction of sp³-hybridized carbons (Fsp3) is 0.533. The molecular formula is C15H24N2OS. The molecule has 0 saturated heterocycles. The highest BCUT2D eigenvalue weighted by atomic mass is 32.2. The van der Waals surface area contributed by atoms with Gasteiger partial charge >= 0.3 is 0 Å². The average molecular weight is 280 g/mol. The molecule has 0 aromatic heterocycles. The maximum absolute atomic E-state index is 5.16. The van der Waals surface area contributed by atoms with Gasteiger partial charge in [-0.05, 0) is 25.0 Å². The van der Waals surface area contributed by atoms with Gasteiger partial charge in [0.15, 0.2) is 5.84 Å². The van der Waals surface area contributed by atoms with Crippen LogP contribution in [0, 0.1) is 0 Å². The molecule has 1 aromatic rings. The van der Waals surface area contributed by atoms with Gasteiger partial charge in [0.25, 0.3) is 0 Å². The van der Waals surface area contributed by atoms with E-state index in [1.807, 2.05) is 37.7 Å². The summed E-state index contributed by atoms with van der Waals surface area (Å²) in [4.78, 5) is 8.50. The van der Waals surface area contributed by atoms with E-state index in [0.29, 0.717) is 6.61 Å². The molecule has 0 saturated carbocycles. The second kappa shape index (κ2) is 8.86. The summed E-state index contributed by atoms with van der Waals surface area (Å²) < 4.78 is 0. The minimum atomic E-state index is 0.606. The van der Waals surface area contributed by atoms with Crippen molar-refractivity contribution in [3.8, 4) is 0 Å². The predicted octanol–water partition coefficient (Wildman–Crippen LogP) is 3.64. The van der Waals surface area contributed by atoms with Crippen molar-refractivity contribution in [1.29, 1.82) is 0 Å². The fourth-order valence-corrected chi connectivity index (χ4v) is 2.76. The van der Waals surface area contributed by atoms with Crippen LogP contribution in [-0.2, 0) is 11.3 Å². The molecule has 0 spiro atoms. The van der Waals surface area contributed by atoms with E-state index in [9.17, 15) is 0 Å². The van der Waals surface area contributed by atoms with Crippen molar-refractivity contribution in [3.05, 3.63) is 29.8 Å². The number of aryl methyl sites for hydroxylation is 1. The van der Waals surface area contributed by atoms with Crippen molar-refractivity contribution in [1.82, 2.24) is 4.90 Å². The van der Waals surface area contributed by atoms with Gasteiger partial charge in [0.1, 0.15) is 6.61 Å². The smallest absolute Gasteiger partial charge is 0.154 e. The molecule has 0 radical (unpaired) electrons. The molecule has 4 heteroatoms. The first-order valence-corrected chi connectivity index (χ1v) is 7.74. The van der Waals surface area contributed by atoms with Crippen molar-refractivity contribution >= 4 is 17.6 Å². The summed E-state index contributed by atoms with van der Waals surface area (Å²) >= 11 is 1.82. The zero-order valence-electron chi connectivity index (χ0n) is 12.3. The van der Waals surface area contributed by atoms with Crippen LogP contribution in [-0.4, -0.2) is 37.2 Å². The number of rotatable bonds is 7. The number of hydrogen-bond acceptors (Lipinski definition) is 3. The molecule has 0 fully saturated rings. The molecule has 0 aliphatic rings. The Kier molecular flexibility index (Phi) is 7.41. The zero-order valence-corrected chi connectivity index (χ0v) is 13.2. The van der Waals surface area contributed by atoms with E-state index in [1.54, 1.807) is 0 Å². The summed E-state index contributed by atoms with van der Waals surface area (Å²) in [5.74, 6) is 1.78. The van der Waals surface area contributed by atoms with E-state index in [-0.39, 0.29) is 0 Å². The van der Waals surface area contributed by atoms with Crippen LogP contribution in [0.25, 0.3) is 0 Å². The number of amidine groups is 1. The molecule has 0 bridgehead atoms. The third-order valence-electron chi connectivity index (χ3n) is 2.66. The molecule has 1 aromatic carbocycles. The maximum Gasteiger partial charge on any atom is 0.154 e. The predicted molar refractivity (Wildman–Crippen MR) is 83.9 cm³/mol. The molecule has 3 nitrogen and oxygen atoms in total. The first-order valence-electron chi connectivity index (χ1n) is 6.75. The summed E-state index contributed by atoms with van der Waals surface area (Å²) in [5, 5.41) is 4.15. The van der Waals surface area contributed by atoms with E-state index in [4.69, 9.17) is 4.84 Å². The van der Waals surface area contributed by atoms with Crippen molar-refractivity contribution in [3.63, 3.8) is 0 Å². The Labute approximate surface area is 121 Å². The number of oxime groups is 1. The number of hydrogen-bond donors (Lipinski definition) is 0. The third-order valence-corrected chi connectivity index (χ3v) is 3.78. The highest BCUT2D eigenvalue weighted by molar-refractivity contribution is 8.00. The normalized spacial score (nSPS) is 11.5. The van der Waals surface area contributed by atoms with Gasteiger partial charge in [-0.25, -0.2) is 0 Å². The van der Waals surface area contributed by atoms with Crippen LogP contribution < -0.4 is 0 Å². The lowest BCUT2D eigenvalue weighted by Gasteiger charge is -2.15. The van der Waals surface area contributed by atoms with Gasteiger partial charge in [-0.15, -0.1) is 11.8 Å². The van der Waals surface area contributed by atoms with E-state index in [1.165, 1.54) is 16.9 Å². The quantitative estimate of drug-likeness (QED) is 0.330. The second-order valence-electron chi connectivity index (χ2n) is 4.47. The minimum Gasteiger partial charge on any atom is -0.395 e. The topological polar surface area (TPSA) is 24.8 Å². The summed E-state index contributed by atoms with van der Waals surface area (Å²) in [6.45, 7) is 4.76. The molecule has 0 unspecified atom stereocenters. The highest BCUT2D eigenvalue weighted by Gasteiger charge is 2.07. The SMILES string of the molecule is CCCc1ccccc1SC/C(=N/OCC)N(C)C. The molecule has 0 aliphatic carbocycles. The first-order chi connectivity index (χ1) is 9.19. The lowest BCUT2D eigenvalue weighted by molar-refractivity contribution is 0.155. The van der Waals surface area contributed by atoms with Crippen LogP contribution >= 0.6 is 11.8 Å². The molecule has 19 heavy (non-hydrogen) atoms. The minimum absolute atomic E-state index is 0.606. The summed E-state index contributed by atoms with van der Waals surface area (Å²) in [5.41, 5.74) is 1.42. The fourth-order valence-electron chi connectivity index (χ4n) is 1.64. The molecule has 0 heterocycles. The van der Waals surface area contributed by atoms with E-state index in [2.05, 4.69) is 36.3 Å². The number of nitrogens with zero attached hydrogens (tertiary/aromatic N) is 2. The van der Waals surface area contributed by atoms with Crippen LogP contribution in [0.1, 0.15) is 25.8 Å². The van der Waals surface area contributed by atoms with Crippen molar-refractivity contribution < 1.29 is 4.84 Å². The molecule has 106 valence electrons. The third kappa shape index (κ3) is 5.55. The molecule has 0 N–H and O–H groups in total. The van der Waals surface area contributed by atoms with Gasteiger partial charge in [-0.1, -0.05) is 36.7 Å². The van der Waals surface area contributed by atoms with Gasteiger partial charge in [-0.2, -0.15) is 0 Å². The first kappa shape index (κ1) is 15.9. The van der Waals surface area contributed by atoms with Gasteiger partial charge in [-0.3, -0.25) is 0 Å². The molecule has 0 amide bonds. The van der Waals surface area contributed by atoms with Gasteiger partial charge < -0.3 is 9.74 Å². The average Bonchev–Trinajstić information content (AvgIpc) is 2.40. The Balaban J connectivity index is 2.68. The van der Waals surface area contributed by atoms with Crippen LogP contribution in [0.5, 0.6) is 0 Å². The Bertz CT molecular complexity index is 405. The highest BCUT2D eigenvalue weighted by Crippen LogP contribution is 2.24. The van der Waals surface area contributed by atoms with Crippen molar-refractivity contribution in [2.45, 2.75) is 31.6 Å². The molecular weight excluding hydrogens is 256 g/mol. The number of benzene rings is 1. The van der Waals surface area contributed by atoms with Crippen molar-refractivity contribution in [2.75, 3.05) is 26.5 Å². The van der Waals surface area contributed by atoms with Gasteiger partial charge in [0, 0.05) is 19.0 Å². The van der Waals surface area contributed by atoms with Crippen LogP contribution in [0.2, 0.25) is 0 Å². The molecule has 0 atom stereocenters. The Morgan fingerprint density at radius 1 is 1.26 bits per heavy atom. The Hall–Kier alpha value is -1.16. The molecule has 0 aliphatic heterocycles. The monoisotopic (exact) mass is 280 g/mol. The summed E-state index contributed by atoms with van der Waals surface area (Å²) in [6.07, 6.45) is 2.30. The summed E-state index contributed by atoms with van der Waals surface area (Å²) in [7, 11) is 3.99. The van der Waals surface area contributed by atoms with Crippen LogP contribution in [0.4, 0.5) is 0 Å². The largest absolute Gasteiger partial charge is 0.395 e. The van der Waals surface area contributed by atoms with E-state index in [0.717, 1.165) is 18.0 Å². The lowest BCUT2D eigenvalue weighted by Crippen LogP contribution is -2.24. The van der Waals surface area contributed by atoms with Crippen LogP contribution in [0.3, 0.4) is 0 Å².